The molecule has 2 unspecified atom stereocenters. The Morgan fingerprint density at radius 2 is 1.98 bits per heavy atom. The number of halogens is 1. The number of rotatable bonds is 13. The Balaban J connectivity index is 1.72. The molecule has 1 N–H and O–H groups in total. The van der Waals surface area contributed by atoms with E-state index in [0.29, 0.717) is 25.7 Å². The summed E-state index contributed by atoms with van der Waals surface area (Å²) in [6.07, 6.45) is 11.7. The fourth-order valence-corrected chi connectivity index (χ4v) is 7.69. The summed E-state index contributed by atoms with van der Waals surface area (Å²) in [6, 6.07) is 8.23. The van der Waals surface area contributed by atoms with E-state index in [1.165, 1.54) is 16.7 Å². The summed E-state index contributed by atoms with van der Waals surface area (Å²) in [7, 11) is -0.666. The van der Waals surface area contributed by atoms with Crippen molar-refractivity contribution < 1.29 is 23.9 Å². The number of Topliss-reactive ketones (excluding diaryl/α,β-unsaturated/α-hetero) is 1. The normalized spacial score (nSPS) is 21.2. The molecule has 1 heterocycles. The predicted molar refractivity (Wildman–Crippen MR) is 169 cm³/mol. The van der Waals surface area contributed by atoms with Gasteiger partial charge in [0, 0.05) is 27.3 Å². The minimum Gasteiger partial charge on any atom is -0.469 e. The van der Waals surface area contributed by atoms with Crippen molar-refractivity contribution in [1.29, 1.82) is 0 Å². The maximum atomic E-state index is 12.8. The highest BCUT2D eigenvalue weighted by Crippen LogP contribution is 2.40. The Kier molecular flexibility index (Phi) is 11.8. The summed E-state index contributed by atoms with van der Waals surface area (Å²) in [5, 5.41) is 12.4. The van der Waals surface area contributed by atoms with E-state index < -0.39 is 14.4 Å². The molecule has 3 rings (SSSR count). The number of fused-ring (bicyclic) bond motifs is 1. The van der Waals surface area contributed by atoms with Gasteiger partial charge >= 0.3 is 5.97 Å². The number of ketones is 1. The third-order valence-corrected chi connectivity index (χ3v) is 14.6. The number of aliphatic hydroxyl groups is 1. The zero-order valence-corrected chi connectivity index (χ0v) is 27.3. The molecule has 2 aromatic rings. The van der Waals surface area contributed by atoms with Crippen LogP contribution in [0.5, 0.6) is 0 Å². The van der Waals surface area contributed by atoms with Crippen LogP contribution in [0.1, 0.15) is 64.2 Å². The topological polar surface area (TPSA) is 72.8 Å². The molecule has 0 aliphatic heterocycles. The van der Waals surface area contributed by atoms with E-state index in [1.807, 2.05) is 24.3 Å². The van der Waals surface area contributed by atoms with Gasteiger partial charge in [-0.05, 0) is 68.6 Å². The number of hydrogen-bond acceptors (Lipinski definition) is 6. The van der Waals surface area contributed by atoms with Gasteiger partial charge in [-0.3, -0.25) is 9.59 Å². The predicted octanol–water partition coefficient (Wildman–Crippen LogP) is 8.29. The Hall–Kier alpha value is -1.77. The van der Waals surface area contributed by atoms with Gasteiger partial charge in [-0.1, -0.05) is 74.9 Å². The minimum absolute atomic E-state index is 0.0411. The van der Waals surface area contributed by atoms with Crippen LogP contribution in [0.3, 0.4) is 0 Å². The van der Waals surface area contributed by atoms with Crippen molar-refractivity contribution in [2.45, 2.75) is 96.1 Å². The Bertz CT molecular complexity index is 1210. The molecule has 1 aromatic heterocycles. The minimum atomic E-state index is -2.06. The van der Waals surface area contributed by atoms with Crippen LogP contribution >= 0.6 is 22.9 Å². The number of thiophene rings is 1. The lowest BCUT2D eigenvalue weighted by molar-refractivity contribution is -0.140. The van der Waals surface area contributed by atoms with Gasteiger partial charge in [-0.2, -0.15) is 0 Å². The summed E-state index contributed by atoms with van der Waals surface area (Å²) in [5.41, 5.74) is 0. The number of carbonyl (C=O) groups is 2. The van der Waals surface area contributed by atoms with Crippen LogP contribution in [0.25, 0.3) is 10.1 Å². The lowest BCUT2D eigenvalue weighted by Crippen LogP contribution is -2.43. The molecule has 1 aliphatic carbocycles. The highest BCUT2D eigenvalue weighted by molar-refractivity contribution is 7.19. The smallest absolute Gasteiger partial charge is 0.305 e. The van der Waals surface area contributed by atoms with Gasteiger partial charge < -0.3 is 14.3 Å². The third-order valence-electron chi connectivity index (χ3n) is 8.32. The molecule has 1 aromatic carbocycles. The molecule has 0 spiro atoms. The number of allylic oxidation sites excluding steroid dienone is 3. The number of hydrogen-bond donors (Lipinski definition) is 1. The molecule has 0 radical (unpaired) electrons. The van der Waals surface area contributed by atoms with Crippen LogP contribution in [-0.2, 0) is 25.2 Å². The second-order valence-electron chi connectivity index (χ2n) is 12.3. The van der Waals surface area contributed by atoms with Crippen molar-refractivity contribution in [3.05, 3.63) is 58.5 Å². The van der Waals surface area contributed by atoms with Gasteiger partial charge in [0.2, 0.25) is 0 Å². The second kappa shape index (κ2) is 14.4. The Morgan fingerprint density at radius 3 is 2.65 bits per heavy atom. The Labute approximate surface area is 249 Å². The number of carbonyl (C=O) groups excluding carboxylic acids is 2. The number of esters is 1. The van der Waals surface area contributed by atoms with E-state index >= 15 is 0 Å². The molecule has 0 amide bonds. The molecule has 1 aliphatic rings. The van der Waals surface area contributed by atoms with Crippen LogP contribution in [-0.4, -0.2) is 44.5 Å². The summed E-state index contributed by atoms with van der Waals surface area (Å²) in [6.45, 7) is 11.2. The molecule has 0 bridgehead atoms. The van der Waals surface area contributed by atoms with Crippen molar-refractivity contribution in [2.24, 2.45) is 11.8 Å². The van der Waals surface area contributed by atoms with Gasteiger partial charge in [0.05, 0.1) is 18.2 Å². The van der Waals surface area contributed by atoms with E-state index in [2.05, 4.69) is 62.9 Å². The average Bonchev–Trinajstić information content (AvgIpc) is 3.36. The molecule has 8 heteroatoms. The number of aliphatic hydroxyl groups excluding tert-OH is 1. The first-order chi connectivity index (χ1) is 18.8. The zero-order valence-electron chi connectivity index (χ0n) is 24.7. The standard InChI is InChI=1S/C32H45ClO5SSi/c1-32(2,3)40(5,6)38-23(19-20-28-30(33)25-14-11-12-15-27(25)39-28)18-17-22-21-26(34)31(36)24(22)13-9-7-8-10-16-29(35)37-4/h7,9,11-12,14-15,17-18,22-24,26,34H,8,10,13,16,19-21H2,1-6H3/b9-7-,18-17+/t22-,23?,24+,26?/m0/s1. The Morgan fingerprint density at radius 1 is 1.25 bits per heavy atom. The van der Waals surface area contributed by atoms with Gasteiger partial charge in [0.25, 0.3) is 0 Å². The number of unbranched alkanes of at least 4 members (excludes halogenated alkanes) is 1. The fourth-order valence-electron chi connectivity index (χ4n) is 4.84. The monoisotopic (exact) mass is 604 g/mol. The lowest BCUT2D eigenvalue weighted by atomic mass is 9.91. The van der Waals surface area contributed by atoms with Gasteiger partial charge in [0.1, 0.15) is 6.10 Å². The fraction of sp³-hybridized carbons (Fsp3) is 0.562. The van der Waals surface area contributed by atoms with Crippen molar-refractivity contribution in [1.82, 2.24) is 0 Å². The van der Waals surface area contributed by atoms with E-state index in [4.69, 9.17) is 16.0 Å². The van der Waals surface area contributed by atoms with Crippen LogP contribution in [0.4, 0.5) is 0 Å². The summed E-state index contributed by atoms with van der Waals surface area (Å²) in [5.74, 6) is -0.598. The number of methoxy groups -OCH3 is 1. The first-order valence-electron chi connectivity index (χ1n) is 14.3. The van der Waals surface area contributed by atoms with Gasteiger partial charge in [-0.25, -0.2) is 0 Å². The first-order valence-corrected chi connectivity index (χ1v) is 18.4. The van der Waals surface area contributed by atoms with E-state index in [0.717, 1.165) is 29.7 Å². The van der Waals surface area contributed by atoms with Crippen LogP contribution in [0, 0.1) is 11.8 Å². The molecule has 5 nitrogen and oxygen atoms in total. The van der Waals surface area contributed by atoms with Crippen molar-refractivity contribution in [3.8, 4) is 0 Å². The van der Waals surface area contributed by atoms with E-state index in [1.54, 1.807) is 11.3 Å². The van der Waals surface area contributed by atoms with Gasteiger partial charge in [0.15, 0.2) is 14.1 Å². The molecular formula is C32H45ClO5SSi. The average molecular weight is 605 g/mol. The molecule has 1 saturated carbocycles. The van der Waals surface area contributed by atoms with Gasteiger partial charge in [-0.15, -0.1) is 11.3 Å². The highest BCUT2D eigenvalue weighted by Gasteiger charge is 2.40. The van der Waals surface area contributed by atoms with Crippen molar-refractivity contribution in [2.75, 3.05) is 7.11 Å². The van der Waals surface area contributed by atoms with E-state index in [-0.39, 0.29) is 34.7 Å². The first kappa shape index (κ1) is 32.7. The van der Waals surface area contributed by atoms with Crippen molar-refractivity contribution in [3.63, 3.8) is 0 Å². The summed E-state index contributed by atoms with van der Waals surface area (Å²) >= 11 is 8.49. The molecule has 220 valence electrons. The van der Waals surface area contributed by atoms with Crippen LogP contribution in [0.2, 0.25) is 23.2 Å². The highest BCUT2D eigenvalue weighted by atomic mass is 35.5. The maximum Gasteiger partial charge on any atom is 0.305 e. The SMILES string of the molecule is COC(=O)CCC/C=C\C[C@H]1C(=O)C(O)C[C@@H]1/C=C/C(CCc1sc2ccccc2c1Cl)O[Si](C)(C)C(C)(C)C. The number of benzene rings is 1. The molecule has 1 fully saturated rings. The molecule has 4 atom stereocenters. The largest absolute Gasteiger partial charge is 0.469 e. The maximum absolute atomic E-state index is 12.8. The number of aryl methyl sites for hydroxylation is 1. The van der Waals surface area contributed by atoms with E-state index in [9.17, 15) is 14.7 Å². The molecule has 0 saturated heterocycles. The molecule has 40 heavy (non-hydrogen) atoms. The lowest BCUT2D eigenvalue weighted by Gasteiger charge is -2.38. The quantitative estimate of drug-likeness (QED) is 0.108. The van der Waals surface area contributed by atoms with Crippen LogP contribution in [0.15, 0.2) is 48.6 Å². The summed E-state index contributed by atoms with van der Waals surface area (Å²) < 4.78 is 12.7. The number of ether oxygens (including phenoxy) is 1. The van der Waals surface area contributed by atoms with Crippen LogP contribution < -0.4 is 0 Å². The molecular weight excluding hydrogens is 560 g/mol. The third kappa shape index (κ3) is 8.62. The van der Waals surface area contributed by atoms with Crippen molar-refractivity contribution >= 4 is 53.1 Å². The zero-order chi connectivity index (χ0) is 29.5. The second-order valence-corrected chi connectivity index (χ2v) is 18.5. The summed E-state index contributed by atoms with van der Waals surface area (Å²) in [4.78, 5) is 25.2.